The lowest BCUT2D eigenvalue weighted by Crippen LogP contribution is -2.17. The third-order valence-electron chi connectivity index (χ3n) is 2.48. The molecule has 0 fully saturated rings. The molecule has 0 aromatic carbocycles. The number of nitriles is 1. The van der Waals surface area contributed by atoms with Crippen LogP contribution in [0.15, 0.2) is 34.9 Å². The lowest BCUT2D eigenvalue weighted by Gasteiger charge is -2.16. The molecule has 0 saturated heterocycles. The Labute approximate surface area is 94.9 Å². The highest BCUT2D eigenvalue weighted by molar-refractivity contribution is 5.39. The van der Waals surface area contributed by atoms with Gasteiger partial charge in [-0.05, 0) is 12.5 Å². The number of aromatic nitrogens is 2. The molecule has 0 amide bonds. The van der Waals surface area contributed by atoms with Crippen LogP contribution in [-0.2, 0) is 0 Å². The maximum atomic E-state index is 13.6. The number of aromatic amines is 1. The van der Waals surface area contributed by atoms with Crippen LogP contribution in [0.3, 0.4) is 0 Å². The molecule has 1 atom stereocenters. The number of hydrogen-bond donors (Lipinski definition) is 1. The molecule has 86 valence electrons. The molecule has 1 aliphatic carbocycles. The fraction of sp³-hybridized carbons (Fsp3) is 0.182. The Bertz CT molecular complexity index is 610. The van der Waals surface area contributed by atoms with Crippen LogP contribution >= 0.6 is 0 Å². The van der Waals surface area contributed by atoms with Gasteiger partial charge in [0.15, 0.2) is 0 Å². The Kier molecular flexibility index (Phi) is 2.83. The van der Waals surface area contributed by atoms with Crippen molar-refractivity contribution in [1.82, 2.24) is 9.97 Å². The number of nitrogens with one attached hydrogen (secondary N) is 1. The SMILES string of the molecule is N#Cc1c(C2CC=C(F)C=C2F)nc[nH]c1=O. The quantitative estimate of drug-likeness (QED) is 0.807. The summed E-state index contributed by atoms with van der Waals surface area (Å²) in [5.41, 5.74) is -0.828. The third kappa shape index (κ3) is 1.99. The number of allylic oxidation sites excluding steroid dienone is 4. The average molecular weight is 235 g/mol. The predicted octanol–water partition coefficient (Wildman–Crippen LogP) is 1.84. The lowest BCUT2D eigenvalue weighted by atomic mass is 9.93. The van der Waals surface area contributed by atoms with Gasteiger partial charge in [0.05, 0.1) is 17.9 Å². The van der Waals surface area contributed by atoms with E-state index >= 15 is 0 Å². The number of hydrogen-bond acceptors (Lipinski definition) is 3. The Morgan fingerprint density at radius 2 is 2.29 bits per heavy atom. The van der Waals surface area contributed by atoms with Gasteiger partial charge in [-0.25, -0.2) is 13.8 Å². The molecule has 1 aromatic heterocycles. The monoisotopic (exact) mass is 235 g/mol. The zero-order valence-electron chi connectivity index (χ0n) is 8.58. The second kappa shape index (κ2) is 4.29. The third-order valence-corrected chi connectivity index (χ3v) is 2.48. The van der Waals surface area contributed by atoms with Crippen LogP contribution in [0.5, 0.6) is 0 Å². The van der Waals surface area contributed by atoms with E-state index in [1.54, 1.807) is 6.07 Å². The summed E-state index contributed by atoms with van der Waals surface area (Å²) >= 11 is 0. The number of H-pyrrole nitrogens is 1. The number of halogens is 2. The van der Waals surface area contributed by atoms with Gasteiger partial charge in [0.2, 0.25) is 0 Å². The zero-order valence-corrected chi connectivity index (χ0v) is 8.58. The average Bonchev–Trinajstić information content (AvgIpc) is 2.29. The minimum Gasteiger partial charge on any atom is -0.312 e. The van der Waals surface area contributed by atoms with E-state index in [2.05, 4.69) is 9.97 Å². The highest BCUT2D eigenvalue weighted by Crippen LogP contribution is 2.33. The van der Waals surface area contributed by atoms with Crippen molar-refractivity contribution in [3.63, 3.8) is 0 Å². The molecule has 0 radical (unpaired) electrons. The van der Waals surface area contributed by atoms with Crippen LogP contribution in [-0.4, -0.2) is 9.97 Å². The zero-order chi connectivity index (χ0) is 12.4. The largest absolute Gasteiger partial charge is 0.312 e. The normalized spacial score (nSPS) is 19.2. The summed E-state index contributed by atoms with van der Waals surface area (Å²) in [7, 11) is 0. The molecule has 1 unspecified atom stereocenters. The van der Waals surface area contributed by atoms with Crippen molar-refractivity contribution >= 4 is 0 Å². The fourth-order valence-electron chi connectivity index (χ4n) is 1.66. The van der Waals surface area contributed by atoms with Gasteiger partial charge in [-0.2, -0.15) is 5.26 Å². The molecule has 0 saturated carbocycles. The van der Waals surface area contributed by atoms with Crippen LogP contribution in [0.4, 0.5) is 8.78 Å². The van der Waals surface area contributed by atoms with Crippen molar-refractivity contribution in [2.24, 2.45) is 0 Å². The minimum atomic E-state index is -0.869. The Hall–Kier alpha value is -2.29. The van der Waals surface area contributed by atoms with E-state index in [9.17, 15) is 13.6 Å². The lowest BCUT2D eigenvalue weighted by molar-refractivity contribution is 0.512. The van der Waals surface area contributed by atoms with Gasteiger partial charge in [0.25, 0.3) is 5.56 Å². The van der Waals surface area contributed by atoms with E-state index in [1.807, 2.05) is 0 Å². The van der Waals surface area contributed by atoms with Gasteiger partial charge in [0.1, 0.15) is 23.3 Å². The predicted molar refractivity (Wildman–Crippen MR) is 55.3 cm³/mol. The van der Waals surface area contributed by atoms with Gasteiger partial charge in [0, 0.05) is 6.08 Å². The minimum absolute atomic E-state index is 0.0359. The highest BCUT2D eigenvalue weighted by atomic mass is 19.1. The molecule has 17 heavy (non-hydrogen) atoms. The molecule has 1 aliphatic rings. The Balaban J connectivity index is 2.51. The molecular formula is C11H7F2N3O. The van der Waals surface area contributed by atoms with Crippen LogP contribution in [0.25, 0.3) is 0 Å². The van der Waals surface area contributed by atoms with E-state index in [4.69, 9.17) is 5.26 Å². The Morgan fingerprint density at radius 3 is 2.94 bits per heavy atom. The summed E-state index contributed by atoms with van der Waals surface area (Å²) in [6, 6.07) is 1.68. The van der Waals surface area contributed by atoms with Crippen LogP contribution in [0.1, 0.15) is 23.6 Å². The Morgan fingerprint density at radius 1 is 1.53 bits per heavy atom. The summed E-state index contributed by atoms with van der Waals surface area (Å²) < 4.78 is 26.3. The van der Waals surface area contributed by atoms with E-state index in [-0.39, 0.29) is 17.7 Å². The number of rotatable bonds is 1. The van der Waals surface area contributed by atoms with E-state index in [1.165, 1.54) is 6.08 Å². The van der Waals surface area contributed by atoms with Crippen molar-refractivity contribution in [3.8, 4) is 6.07 Å². The molecule has 2 rings (SSSR count). The fourth-order valence-corrected chi connectivity index (χ4v) is 1.66. The van der Waals surface area contributed by atoms with Gasteiger partial charge in [-0.15, -0.1) is 0 Å². The molecule has 1 heterocycles. The van der Waals surface area contributed by atoms with Gasteiger partial charge in [-0.1, -0.05) is 0 Å². The first kappa shape index (κ1) is 11.2. The van der Waals surface area contributed by atoms with Gasteiger partial charge < -0.3 is 4.98 Å². The van der Waals surface area contributed by atoms with Crippen molar-refractivity contribution < 1.29 is 8.78 Å². The standard InChI is InChI=1S/C11H7F2N3O/c12-6-1-2-7(9(13)3-6)10-8(4-14)11(17)16-5-15-10/h1,3,5,7H,2H2,(H,15,16,17). The summed E-state index contributed by atoms with van der Waals surface area (Å²) in [5, 5.41) is 8.83. The van der Waals surface area contributed by atoms with Crippen LogP contribution < -0.4 is 5.56 Å². The summed E-state index contributed by atoms with van der Waals surface area (Å²) in [5.74, 6) is -2.27. The van der Waals surface area contributed by atoms with E-state index in [0.29, 0.717) is 0 Å². The first-order valence-corrected chi connectivity index (χ1v) is 4.84. The highest BCUT2D eigenvalue weighted by Gasteiger charge is 2.25. The molecular weight excluding hydrogens is 228 g/mol. The van der Waals surface area contributed by atoms with Crippen molar-refractivity contribution in [1.29, 1.82) is 5.26 Å². The molecule has 6 heteroatoms. The van der Waals surface area contributed by atoms with Gasteiger partial charge in [-0.3, -0.25) is 4.79 Å². The van der Waals surface area contributed by atoms with E-state index < -0.39 is 23.1 Å². The smallest absolute Gasteiger partial charge is 0.268 e. The van der Waals surface area contributed by atoms with Crippen LogP contribution in [0.2, 0.25) is 0 Å². The molecule has 0 bridgehead atoms. The van der Waals surface area contributed by atoms with Crippen molar-refractivity contribution in [3.05, 3.63) is 51.7 Å². The topological polar surface area (TPSA) is 69.5 Å². The van der Waals surface area contributed by atoms with E-state index in [0.717, 1.165) is 12.4 Å². The second-order valence-corrected chi connectivity index (χ2v) is 3.51. The first-order chi connectivity index (χ1) is 8.13. The maximum absolute atomic E-state index is 13.6. The van der Waals surface area contributed by atoms with Crippen molar-refractivity contribution in [2.45, 2.75) is 12.3 Å². The molecule has 0 aliphatic heterocycles. The summed E-state index contributed by atoms with van der Waals surface area (Å²) in [6.07, 6.45) is 3.07. The van der Waals surface area contributed by atoms with Crippen molar-refractivity contribution in [2.75, 3.05) is 0 Å². The maximum Gasteiger partial charge on any atom is 0.268 e. The van der Waals surface area contributed by atoms with Gasteiger partial charge >= 0.3 is 0 Å². The second-order valence-electron chi connectivity index (χ2n) is 3.51. The summed E-state index contributed by atoms with van der Waals surface area (Å²) in [6.45, 7) is 0. The first-order valence-electron chi connectivity index (χ1n) is 4.84. The number of nitrogens with zero attached hydrogens (tertiary/aromatic N) is 2. The molecule has 0 spiro atoms. The molecule has 1 N–H and O–H groups in total. The van der Waals surface area contributed by atoms with Crippen LogP contribution in [0, 0.1) is 11.3 Å². The summed E-state index contributed by atoms with van der Waals surface area (Å²) in [4.78, 5) is 17.4. The molecule has 1 aromatic rings. The molecule has 4 nitrogen and oxygen atoms in total.